The van der Waals surface area contributed by atoms with E-state index in [1.807, 2.05) is 12.1 Å². The van der Waals surface area contributed by atoms with E-state index in [4.69, 9.17) is 10.5 Å². The third kappa shape index (κ3) is 1.83. The number of ether oxygens (including phenoxy) is 1. The Morgan fingerprint density at radius 1 is 1.41 bits per heavy atom. The smallest absolute Gasteiger partial charge is 0.128 e. The van der Waals surface area contributed by atoms with Gasteiger partial charge in [0.05, 0.1) is 12.2 Å². The maximum absolute atomic E-state index is 10.7. The molecule has 1 aliphatic heterocycles. The molecule has 2 atom stereocenters. The first-order valence-electron chi connectivity index (χ1n) is 6.42. The van der Waals surface area contributed by atoms with Gasteiger partial charge in [-0.1, -0.05) is 18.2 Å². The van der Waals surface area contributed by atoms with E-state index in [1.54, 1.807) is 0 Å². The second-order valence-electron chi connectivity index (χ2n) is 5.28. The summed E-state index contributed by atoms with van der Waals surface area (Å²) in [6.45, 7) is 0.756. The lowest BCUT2D eigenvalue weighted by Crippen LogP contribution is -2.27. The van der Waals surface area contributed by atoms with Crippen molar-refractivity contribution in [3.8, 4) is 5.75 Å². The summed E-state index contributed by atoms with van der Waals surface area (Å²) in [5.74, 6) is 0.912. The highest BCUT2D eigenvalue weighted by Gasteiger charge is 2.40. The van der Waals surface area contributed by atoms with Gasteiger partial charge in [-0.25, -0.2) is 0 Å². The van der Waals surface area contributed by atoms with Crippen LogP contribution in [-0.2, 0) is 12.0 Å². The summed E-state index contributed by atoms with van der Waals surface area (Å²) >= 11 is 0. The molecule has 2 aliphatic rings. The highest BCUT2D eigenvalue weighted by Crippen LogP contribution is 2.44. The van der Waals surface area contributed by atoms with Crippen LogP contribution in [-0.4, -0.2) is 17.8 Å². The maximum Gasteiger partial charge on any atom is 0.128 e. The molecule has 0 bridgehead atoms. The van der Waals surface area contributed by atoms with Crippen LogP contribution in [0.1, 0.15) is 36.8 Å². The van der Waals surface area contributed by atoms with E-state index in [1.165, 1.54) is 5.56 Å². The lowest BCUT2D eigenvalue weighted by molar-refractivity contribution is 0.0393. The lowest BCUT2D eigenvalue weighted by Gasteiger charge is -2.29. The van der Waals surface area contributed by atoms with E-state index in [2.05, 4.69) is 6.07 Å². The van der Waals surface area contributed by atoms with Crippen molar-refractivity contribution in [2.24, 2.45) is 5.73 Å². The van der Waals surface area contributed by atoms with Crippen molar-refractivity contribution in [1.82, 2.24) is 0 Å². The number of fused-ring (bicyclic) bond motifs is 1. The molecule has 1 heterocycles. The number of nitrogens with two attached hydrogens (primary N) is 1. The van der Waals surface area contributed by atoms with Gasteiger partial charge in [-0.2, -0.15) is 0 Å². The summed E-state index contributed by atoms with van der Waals surface area (Å²) in [5.41, 5.74) is 7.32. The van der Waals surface area contributed by atoms with Gasteiger partial charge < -0.3 is 15.6 Å². The lowest BCUT2D eigenvalue weighted by atomic mass is 9.88. The Kier molecular flexibility index (Phi) is 2.60. The monoisotopic (exact) mass is 233 g/mol. The number of benzene rings is 1. The van der Waals surface area contributed by atoms with Crippen molar-refractivity contribution in [2.45, 2.75) is 43.7 Å². The second-order valence-corrected chi connectivity index (χ2v) is 5.28. The van der Waals surface area contributed by atoms with Gasteiger partial charge in [0.15, 0.2) is 0 Å². The summed E-state index contributed by atoms with van der Waals surface area (Å²) in [6, 6.07) is 6.21. The molecule has 0 aromatic heterocycles. The fourth-order valence-electron chi connectivity index (χ4n) is 3.06. The Balaban J connectivity index is 2.03. The molecule has 92 valence electrons. The Labute approximate surface area is 102 Å². The van der Waals surface area contributed by atoms with Gasteiger partial charge in [0.2, 0.25) is 0 Å². The van der Waals surface area contributed by atoms with Crippen LogP contribution in [0.5, 0.6) is 5.75 Å². The highest BCUT2D eigenvalue weighted by molar-refractivity contribution is 5.46. The Morgan fingerprint density at radius 2 is 2.29 bits per heavy atom. The third-order valence-corrected chi connectivity index (χ3v) is 3.96. The first-order chi connectivity index (χ1) is 8.19. The molecule has 3 heteroatoms. The van der Waals surface area contributed by atoms with E-state index in [-0.39, 0.29) is 6.04 Å². The molecule has 1 aliphatic carbocycles. The van der Waals surface area contributed by atoms with Gasteiger partial charge in [0.25, 0.3) is 0 Å². The van der Waals surface area contributed by atoms with Crippen molar-refractivity contribution in [2.75, 3.05) is 6.61 Å². The predicted octanol–water partition coefficient (Wildman–Crippen LogP) is 1.71. The van der Waals surface area contributed by atoms with Crippen LogP contribution in [0, 0.1) is 0 Å². The standard InChI is InChI=1S/C14H19NO2/c15-11-6-7-14(16,9-11)12-5-1-3-10-4-2-8-17-13(10)12/h1,3,5,11,16H,2,4,6-9,15H2. The zero-order valence-corrected chi connectivity index (χ0v) is 9.98. The van der Waals surface area contributed by atoms with E-state index < -0.39 is 5.60 Å². The molecule has 1 fully saturated rings. The van der Waals surface area contributed by atoms with Crippen LogP contribution in [0.15, 0.2) is 18.2 Å². The summed E-state index contributed by atoms with van der Waals surface area (Å²) < 4.78 is 5.77. The van der Waals surface area contributed by atoms with Gasteiger partial charge in [-0.05, 0) is 37.7 Å². The van der Waals surface area contributed by atoms with Crippen molar-refractivity contribution in [1.29, 1.82) is 0 Å². The average Bonchev–Trinajstić information content (AvgIpc) is 2.70. The number of rotatable bonds is 1. The number of aryl methyl sites for hydroxylation is 1. The van der Waals surface area contributed by atoms with Crippen molar-refractivity contribution in [3.05, 3.63) is 29.3 Å². The molecule has 3 rings (SSSR count). The van der Waals surface area contributed by atoms with Crippen LogP contribution in [0.4, 0.5) is 0 Å². The van der Waals surface area contributed by atoms with Gasteiger partial charge in [-0.3, -0.25) is 0 Å². The minimum absolute atomic E-state index is 0.111. The largest absolute Gasteiger partial charge is 0.493 e. The fourth-order valence-corrected chi connectivity index (χ4v) is 3.06. The minimum Gasteiger partial charge on any atom is -0.493 e. The number of para-hydroxylation sites is 1. The summed E-state index contributed by atoms with van der Waals surface area (Å²) in [7, 11) is 0. The Morgan fingerprint density at radius 3 is 3.06 bits per heavy atom. The molecule has 1 saturated carbocycles. The first-order valence-corrected chi connectivity index (χ1v) is 6.42. The zero-order chi connectivity index (χ0) is 11.9. The number of hydrogen-bond acceptors (Lipinski definition) is 3. The molecule has 1 aromatic carbocycles. The maximum atomic E-state index is 10.7. The number of aliphatic hydroxyl groups is 1. The van der Waals surface area contributed by atoms with E-state index in [9.17, 15) is 5.11 Å². The van der Waals surface area contributed by atoms with Crippen LogP contribution in [0.2, 0.25) is 0 Å². The first kappa shape index (κ1) is 11.1. The van der Waals surface area contributed by atoms with E-state index >= 15 is 0 Å². The molecule has 0 spiro atoms. The molecule has 1 aromatic rings. The quantitative estimate of drug-likeness (QED) is 0.776. The molecule has 0 radical (unpaired) electrons. The molecule has 3 nitrogen and oxygen atoms in total. The molecular formula is C14H19NO2. The summed E-state index contributed by atoms with van der Waals surface area (Å²) in [6.07, 6.45) is 4.39. The zero-order valence-electron chi connectivity index (χ0n) is 9.98. The number of hydrogen-bond donors (Lipinski definition) is 2. The molecule has 17 heavy (non-hydrogen) atoms. The SMILES string of the molecule is NC1CCC(O)(c2cccc3c2OCCC3)C1. The average molecular weight is 233 g/mol. The summed E-state index contributed by atoms with van der Waals surface area (Å²) in [4.78, 5) is 0. The van der Waals surface area contributed by atoms with Crippen LogP contribution >= 0.6 is 0 Å². The van der Waals surface area contributed by atoms with Crippen LogP contribution in [0.3, 0.4) is 0 Å². The molecule has 0 amide bonds. The minimum atomic E-state index is -0.776. The molecule has 0 saturated heterocycles. The molecule has 2 unspecified atom stereocenters. The van der Waals surface area contributed by atoms with Gasteiger partial charge in [0, 0.05) is 11.6 Å². The Bertz CT molecular complexity index is 432. The fraction of sp³-hybridized carbons (Fsp3) is 0.571. The van der Waals surface area contributed by atoms with E-state index in [0.29, 0.717) is 6.42 Å². The van der Waals surface area contributed by atoms with Gasteiger partial charge in [-0.15, -0.1) is 0 Å². The summed E-state index contributed by atoms with van der Waals surface area (Å²) in [5, 5.41) is 10.7. The van der Waals surface area contributed by atoms with Gasteiger partial charge >= 0.3 is 0 Å². The second kappa shape index (κ2) is 4.00. The van der Waals surface area contributed by atoms with Crippen molar-refractivity contribution >= 4 is 0 Å². The van der Waals surface area contributed by atoms with Crippen molar-refractivity contribution < 1.29 is 9.84 Å². The Hall–Kier alpha value is -1.06. The van der Waals surface area contributed by atoms with Crippen LogP contribution < -0.4 is 10.5 Å². The third-order valence-electron chi connectivity index (χ3n) is 3.96. The van der Waals surface area contributed by atoms with Gasteiger partial charge in [0.1, 0.15) is 5.75 Å². The predicted molar refractivity (Wildman–Crippen MR) is 66.0 cm³/mol. The topological polar surface area (TPSA) is 55.5 Å². The normalized spacial score (nSPS) is 32.0. The molecule has 3 N–H and O–H groups in total. The highest BCUT2D eigenvalue weighted by atomic mass is 16.5. The van der Waals surface area contributed by atoms with Crippen molar-refractivity contribution in [3.63, 3.8) is 0 Å². The van der Waals surface area contributed by atoms with E-state index in [0.717, 1.165) is 43.6 Å². The van der Waals surface area contributed by atoms with Crippen LogP contribution in [0.25, 0.3) is 0 Å². The molecular weight excluding hydrogens is 214 g/mol.